The van der Waals surface area contributed by atoms with Crippen LogP contribution in [0.1, 0.15) is 21.5 Å². The molecule has 6 heteroatoms. The molecule has 0 N–H and O–H groups in total. The van der Waals surface area contributed by atoms with E-state index in [4.69, 9.17) is 11.6 Å². The highest BCUT2D eigenvalue weighted by molar-refractivity contribution is 6.32. The second-order valence-electron chi connectivity index (χ2n) is 4.32. The van der Waals surface area contributed by atoms with Crippen molar-refractivity contribution in [2.24, 2.45) is 0 Å². The van der Waals surface area contributed by atoms with Crippen molar-refractivity contribution in [2.45, 2.75) is 13.3 Å². The fraction of sp³-hybridized carbons (Fsp3) is 0.133. The highest BCUT2D eigenvalue weighted by Gasteiger charge is 2.31. The van der Waals surface area contributed by atoms with Gasteiger partial charge in [-0.1, -0.05) is 35.9 Å². The quantitative estimate of drug-likeness (QED) is 0.762. The minimum absolute atomic E-state index is 0.0992. The van der Waals surface area contributed by atoms with Crippen molar-refractivity contribution < 1.29 is 22.7 Å². The number of rotatable bonds is 3. The molecule has 0 unspecified atom stereocenters. The van der Waals surface area contributed by atoms with Crippen LogP contribution in [0.5, 0.6) is 5.75 Å². The van der Waals surface area contributed by atoms with E-state index in [9.17, 15) is 18.0 Å². The molecule has 0 aliphatic heterocycles. The highest BCUT2D eigenvalue weighted by Crippen LogP contribution is 2.26. The third kappa shape index (κ3) is 3.76. The number of hydrogen-bond donors (Lipinski definition) is 0. The second-order valence-corrected chi connectivity index (χ2v) is 4.72. The Hall–Kier alpha value is -2.01. The maximum Gasteiger partial charge on any atom is 0.573 e. The largest absolute Gasteiger partial charge is 0.573 e. The van der Waals surface area contributed by atoms with Gasteiger partial charge in [0.05, 0.1) is 0 Å². The van der Waals surface area contributed by atoms with Crippen molar-refractivity contribution >= 4 is 17.4 Å². The van der Waals surface area contributed by atoms with E-state index < -0.39 is 17.9 Å². The first-order valence-electron chi connectivity index (χ1n) is 5.93. The lowest BCUT2D eigenvalue weighted by Crippen LogP contribution is -2.17. The zero-order chi connectivity index (χ0) is 15.6. The van der Waals surface area contributed by atoms with Gasteiger partial charge < -0.3 is 4.74 Å². The molecule has 0 aliphatic rings. The van der Waals surface area contributed by atoms with Crippen molar-refractivity contribution in [3.05, 3.63) is 64.2 Å². The molecule has 0 aliphatic carbocycles. The Labute approximate surface area is 124 Å². The first-order chi connectivity index (χ1) is 9.78. The predicted octanol–water partition coefficient (Wildman–Crippen LogP) is 4.78. The molecular formula is C15H10ClF3O2. The summed E-state index contributed by atoms with van der Waals surface area (Å²) < 4.78 is 40.4. The van der Waals surface area contributed by atoms with Gasteiger partial charge in [-0.2, -0.15) is 0 Å². The van der Waals surface area contributed by atoms with Crippen molar-refractivity contribution in [3.63, 3.8) is 0 Å². The molecule has 21 heavy (non-hydrogen) atoms. The normalized spacial score (nSPS) is 11.3. The zero-order valence-electron chi connectivity index (χ0n) is 10.9. The van der Waals surface area contributed by atoms with Gasteiger partial charge in [0, 0.05) is 16.1 Å². The van der Waals surface area contributed by atoms with Crippen molar-refractivity contribution in [3.8, 4) is 5.75 Å². The number of ketones is 1. The van der Waals surface area contributed by atoms with Crippen LogP contribution < -0.4 is 4.74 Å². The molecule has 0 aromatic heterocycles. The molecule has 0 bridgehead atoms. The number of carbonyl (C=O) groups excluding carboxylic acids is 1. The number of alkyl halides is 3. The van der Waals surface area contributed by atoms with Crippen molar-refractivity contribution in [1.29, 1.82) is 0 Å². The van der Waals surface area contributed by atoms with Gasteiger partial charge in [0.1, 0.15) is 5.75 Å². The van der Waals surface area contributed by atoms with E-state index in [0.29, 0.717) is 16.1 Å². The average Bonchev–Trinajstić information content (AvgIpc) is 2.39. The number of carbonyl (C=O) groups is 1. The Bertz CT molecular complexity index is 681. The molecule has 2 rings (SSSR count). The summed E-state index contributed by atoms with van der Waals surface area (Å²) >= 11 is 5.94. The van der Waals surface area contributed by atoms with Crippen LogP contribution in [0.25, 0.3) is 0 Å². The van der Waals surface area contributed by atoms with Crippen LogP contribution in [0, 0.1) is 6.92 Å². The van der Waals surface area contributed by atoms with Crippen LogP contribution >= 0.6 is 11.6 Å². The number of hydrogen-bond acceptors (Lipinski definition) is 2. The molecule has 0 fully saturated rings. The van der Waals surface area contributed by atoms with Crippen LogP contribution in [0.3, 0.4) is 0 Å². The maximum atomic E-state index is 12.3. The molecule has 110 valence electrons. The summed E-state index contributed by atoms with van der Waals surface area (Å²) in [5.41, 5.74) is 1.01. The van der Waals surface area contributed by atoms with Gasteiger partial charge in [-0.3, -0.25) is 4.79 Å². The van der Waals surface area contributed by atoms with E-state index in [0.717, 1.165) is 12.1 Å². The fourth-order valence-electron chi connectivity index (χ4n) is 1.84. The SMILES string of the molecule is Cc1c(Cl)cccc1C(=O)c1cccc(OC(F)(F)F)c1. The molecule has 0 radical (unpaired) electrons. The van der Waals surface area contributed by atoms with Gasteiger partial charge in [-0.15, -0.1) is 13.2 Å². The lowest BCUT2D eigenvalue weighted by Gasteiger charge is -2.10. The van der Waals surface area contributed by atoms with Gasteiger partial charge >= 0.3 is 6.36 Å². The lowest BCUT2D eigenvalue weighted by atomic mass is 9.99. The highest BCUT2D eigenvalue weighted by atomic mass is 35.5. The number of halogens is 4. The molecule has 2 aromatic rings. The second kappa shape index (κ2) is 5.77. The summed E-state index contributed by atoms with van der Waals surface area (Å²) in [6, 6.07) is 9.75. The zero-order valence-corrected chi connectivity index (χ0v) is 11.6. The van der Waals surface area contributed by atoms with Gasteiger partial charge in [0.2, 0.25) is 0 Å². The number of ether oxygens (including phenoxy) is 1. The lowest BCUT2D eigenvalue weighted by molar-refractivity contribution is -0.274. The van der Waals surface area contributed by atoms with Crippen LogP contribution in [-0.2, 0) is 0 Å². The van der Waals surface area contributed by atoms with Gasteiger partial charge in [-0.05, 0) is 30.7 Å². The van der Waals surface area contributed by atoms with Crippen LogP contribution in [-0.4, -0.2) is 12.1 Å². The molecule has 0 atom stereocenters. The molecule has 0 amide bonds. The van der Waals surface area contributed by atoms with Gasteiger partial charge in [0.15, 0.2) is 5.78 Å². The Kier molecular flexibility index (Phi) is 4.23. The molecule has 0 saturated carbocycles. The van der Waals surface area contributed by atoms with Crippen LogP contribution in [0.4, 0.5) is 13.2 Å². The molecular weight excluding hydrogens is 305 g/mol. The maximum absolute atomic E-state index is 12.3. The Morgan fingerprint density at radius 1 is 1.14 bits per heavy atom. The fourth-order valence-corrected chi connectivity index (χ4v) is 2.02. The summed E-state index contributed by atoms with van der Waals surface area (Å²) in [5.74, 6) is -0.851. The van der Waals surface area contributed by atoms with Gasteiger partial charge in [-0.25, -0.2) is 0 Å². The van der Waals surface area contributed by atoms with Crippen molar-refractivity contribution in [2.75, 3.05) is 0 Å². The topological polar surface area (TPSA) is 26.3 Å². The summed E-state index contributed by atoms with van der Waals surface area (Å²) in [6.07, 6.45) is -4.80. The van der Waals surface area contributed by atoms with E-state index in [1.54, 1.807) is 25.1 Å². The van der Waals surface area contributed by atoms with Crippen LogP contribution in [0.2, 0.25) is 5.02 Å². The first kappa shape index (κ1) is 15.4. The Balaban J connectivity index is 2.36. The van der Waals surface area contributed by atoms with E-state index in [1.807, 2.05) is 0 Å². The molecule has 0 spiro atoms. The smallest absolute Gasteiger partial charge is 0.406 e. The Morgan fingerprint density at radius 3 is 2.48 bits per heavy atom. The average molecular weight is 315 g/mol. The standard InChI is InChI=1S/C15H10ClF3O2/c1-9-12(6-3-7-13(9)16)14(20)10-4-2-5-11(8-10)21-15(17,18)19/h2-8H,1H3. The summed E-state index contributed by atoms with van der Waals surface area (Å²) in [4.78, 5) is 12.3. The predicted molar refractivity (Wildman–Crippen MR) is 72.7 cm³/mol. The molecule has 0 saturated heterocycles. The summed E-state index contributed by atoms with van der Waals surface area (Å²) in [7, 11) is 0. The Morgan fingerprint density at radius 2 is 1.81 bits per heavy atom. The summed E-state index contributed by atoms with van der Waals surface area (Å²) in [5, 5.41) is 0.420. The van der Waals surface area contributed by atoms with E-state index >= 15 is 0 Å². The van der Waals surface area contributed by atoms with Crippen molar-refractivity contribution in [1.82, 2.24) is 0 Å². The summed E-state index contributed by atoms with van der Waals surface area (Å²) in [6.45, 7) is 1.67. The third-order valence-electron chi connectivity index (χ3n) is 2.84. The van der Waals surface area contributed by atoms with Crippen LogP contribution in [0.15, 0.2) is 42.5 Å². The van der Waals surface area contributed by atoms with E-state index in [-0.39, 0.29) is 5.56 Å². The van der Waals surface area contributed by atoms with E-state index in [2.05, 4.69) is 4.74 Å². The van der Waals surface area contributed by atoms with Gasteiger partial charge in [0.25, 0.3) is 0 Å². The number of benzene rings is 2. The molecule has 2 aromatic carbocycles. The minimum atomic E-state index is -4.80. The third-order valence-corrected chi connectivity index (χ3v) is 3.25. The monoisotopic (exact) mass is 314 g/mol. The van der Waals surface area contributed by atoms with E-state index in [1.165, 1.54) is 12.1 Å². The molecule has 0 heterocycles. The first-order valence-corrected chi connectivity index (χ1v) is 6.31. The molecule has 2 nitrogen and oxygen atoms in total. The minimum Gasteiger partial charge on any atom is -0.406 e.